The molecular formula is C13H18ClNO2. The Bertz CT molecular complexity index is 374. The fourth-order valence-electron chi connectivity index (χ4n) is 1.51. The maximum atomic E-state index is 11.1. The van der Waals surface area contributed by atoms with E-state index in [0.717, 1.165) is 11.3 Å². The lowest BCUT2D eigenvalue weighted by Gasteiger charge is -2.25. The van der Waals surface area contributed by atoms with Crippen molar-refractivity contribution >= 4 is 17.5 Å². The first kappa shape index (κ1) is 13.8. The molecule has 0 saturated heterocycles. The molecule has 0 unspecified atom stereocenters. The summed E-state index contributed by atoms with van der Waals surface area (Å²) in [6, 6.07) is 7.85. The van der Waals surface area contributed by atoms with Gasteiger partial charge < -0.3 is 10.1 Å². The molecule has 0 spiro atoms. The van der Waals surface area contributed by atoms with E-state index in [1.807, 2.05) is 24.3 Å². The van der Waals surface area contributed by atoms with Crippen molar-refractivity contribution in [1.29, 1.82) is 0 Å². The molecule has 1 aromatic rings. The molecule has 0 bridgehead atoms. The molecule has 0 atom stereocenters. The summed E-state index contributed by atoms with van der Waals surface area (Å²) in [5.74, 6) is 0.682. The van der Waals surface area contributed by atoms with Crippen molar-refractivity contribution in [3.05, 3.63) is 29.8 Å². The van der Waals surface area contributed by atoms with Crippen LogP contribution >= 0.6 is 11.6 Å². The Kier molecular flexibility index (Phi) is 4.82. The summed E-state index contributed by atoms with van der Waals surface area (Å²) in [7, 11) is 1.64. The number of carbonyl (C=O) groups is 1. The Morgan fingerprint density at radius 1 is 1.35 bits per heavy atom. The number of alkyl halides is 1. The number of amides is 1. The Morgan fingerprint density at radius 3 is 2.41 bits per heavy atom. The highest BCUT2D eigenvalue weighted by Crippen LogP contribution is 2.24. The van der Waals surface area contributed by atoms with E-state index >= 15 is 0 Å². The molecule has 1 rings (SSSR count). The summed E-state index contributed by atoms with van der Waals surface area (Å²) in [6.45, 7) is 4.71. The maximum absolute atomic E-state index is 11.1. The van der Waals surface area contributed by atoms with Gasteiger partial charge in [-0.3, -0.25) is 4.79 Å². The van der Waals surface area contributed by atoms with Gasteiger partial charge in [0.05, 0.1) is 7.11 Å². The van der Waals surface area contributed by atoms with Crippen LogP contribution in [0.2, 0.25) is 0 Å². The fraction of sp³-hybridized carbons (Fsp3) is 0.462. The van der Waals surface area contributed by atoms with Gasteiger partial charge >= 0.3 is 0 Å². The Morgan fingerprint density at radius 2 is 1.94 bits per heavy atom. The molecule has 4 heteroatoms. The summed E-state index contributed by atoms with van der Waals surface area (Å²) >= 11 is 5.44. The highest BCUT2D eigenvalue weighted by molar-refractivity contribution is 6.27. The van der Waals surface area contributed by atoms with Crippen LogP contribution < -0.4 is 10.1 Å². The Hall–Kier alpha value is -1.22. The van der Waals surface area contributed by atoms with Crippen LogP contribution in [0, 0.1) is 0 Å². The monoisotopic (exact) mass is 255 g/mol. The average Bonchev–Trinajstić information content (AvgIpc) is 2.36. The largest absolute Gasteiger partial charge is 0.497 e. The first-order chi connectivity index (χ1) is 7.99. The zero-order chi connectivity index (χ0) is 12.9. The second-order valence-electron chi connectivity index (χ2n) is 4.52. The van der Waals surface area contributed by atoms with E-state index in [9.17, 15) is 4.79 Å². The van der Waals surface area contributed by atoms with Gasteiger partial charge in [0.2, 0.25) is 5.91 Å². The molecule has 0 saturated carbocycles. The van der Waals surface area contributed by atoms with Crippen molar-refractivity contribution in [2.75, 3.05) is 19.5 Å². The van der Waals surface area contributed by atoms with Gasteiger partial charge in [0.15, 0.2) is 0 Å². The topological polar surface area (TPSA) is 38.3 Å². The second kappa shape index (κ2) is 5.92. The van der Waals surface area contributed by atoms with Crippen molar-refractivity contribution in [3.8, 4) is 5.75 Å². The van der Waals surface area contributed by atoms with Crippen LogP contribution in [0.25, 0.3) is 0 Å². The van der Waals surface area contributed by atoms with Gasteiger partial charge in [0.1, 0.15) is 11.6 Å². The summed E-state index contributed by atoms with van der Waals surface area (Å²) in [5, 5.41) is 2.80. The molecule has 94 valence electrons. The summed E-state index contributed by atoms with van der Waals surface area (Å²) in [4.78, 5) is 11.1. The van der Waals surface area contributed by atoms with E-state index in [-0.39, 0.29) is 17.2 Å². The van der Waals surface area contributed by atoms with Crippen molar-refractivity contribution in [1.82, 2.24) is 5.32 Å². The molecule has 3 nitrogen and oxygen atoms in total. The molecule has 1 N–H and O–H groups in total. The number of rotatable bonds is 5. The molecular weight excluding hydrogens is 238 g/mol. The lowest BCUT2D eigenvalue weighted by molar-refractivity contribution is -0.118. The normalized spacial score (nSPS) is 11.1. The van der Waals surface area contributed by atoms with Crippen LogP contribution in [0.3, 0.4) is 0 Å². The summed E-state index contributed by atoms with van der Waals surface area (Å²) in [5.41, 5.74) is 1.02. The van der Waals surface area contributed by atoms with Crippen molar-refractivity contribution < 1.29 is 9.53 Å². The third kappa shape index (κ3) is 3.93. The SMILES string of the molecule is COc1ccc(C(C)(C)CNC(=O)CCl)cc1. The lowest BCUT2D eigenvalue weighted by Crippen LogP contribution is -2.37. The van der Waals surface area contributed by atoms with E-state index in [1.165, 1.54) is 0 Å². The van der Waals surface area contributed by atoms with E-state index in [1.54, 1.807) is 7.11 Å². The Labute approximate surface area is 107 Å². The number of hydrogen-bond acceptors (Lipinski definition) is 2. The molecule has 0 fully saturated rings. The number of nitrogens with one attached hydrogen (secondary N) is 1. The molecule has 0 aromatic heterocycles. The van der Waals surface area contributed by atoms with Gasteiger partial charge in [-0.1, -0.05) is 26.0 Å². The quantitative estimate of drug-likeness (QED) is 0.820. The predicted molar refractivity (Wildman–Crippen MR) is 69.7 cm³/mol. The minimum atomic E-state index is -0.145. The van der Waals surface area contributed by atoms with E-state index in [2.05, 4.69) is 19.2 Å². The molecule has 0 aliphatic heterocycles. The summed E-state index contributed by atoms with van der Waals surface area (Å²) < 4.78 is 5.11. The van der Waals surface area contributed by atoms with Gasteiger partial charge in [-0.15, -0.1) is 11.6 Å². The van der Waals surface area contributed by atoms with Crippen molar-refractivity contribution in [3.63, 3.8) is 0 Å². The number of hydrogen-bond donors (Lipinski definition) is 1. The molecule has 1 aromatic carbocycles. The van der Waals surface area contributed by atoms with Gasteiger partial charge in [0, 0.05) is 12.0 Å². The lowest BCUT2D eigenvalue weighted by atomic mass is 9.84. The molecule has 0 aliphatic carbocycles. The summed E-state index contributed by atoms with van der Waals surface area (Å²) in [6.07, 6.45) is 0. The molecule has 17 heavy (non-hydrogen) atoms. The van der Waals surface area contributed by atoms with Crippen LogP contribution in [-0.2, 0) is 10.2 Å². The van der Waals surface area contributed by atoms with Gasteiger partial charge in [-0.25, -0.2) is 0 Å². The average molecular weight is 256 g/mol. The molecule has 0 aliphatic rings. The van der Waals surface area contributed by atoms with Gasteiger partial charge in [-0.05, 0) is 17.7 Å². The van der Waals surface area contributed by atoms with E-state index < -0.39 is 0 Å². The molecule has 0 heterocycles. The zero-order valence-corrected chi connectivity index (χ0v) is 11.2. The first-order valence-electron chi connectivity index (χ1n) is 5.47. The van der Waals surface area contributed by atoms with Gasteiger partial charge in [0.25, 0.3) is 0 Å². The highest BCUT2D eigenvalue weighted by Gasteiger charge is 2.21. The first-order valence-corrected chi connectivity index (χ1v) is 6.00. The minimum Gasteiger partial charge on any atom is -0.497 e. The zero-order valence-electron chi connectivity index (χ0n) is 10.4. The van der Waals surface area contributed by atoms with E-state index in [0.29, 0.717) is 6.54 Å². The minimum absolute atomic E-state index is 0.00130. The maximum Gasteiger partial charge on any atom is 0.234 e. The molecule has 1 amide bonds. The number of benzene rings is 1. The number of methoxy groups -OCH3 is 1. The van der Waals surface area contributed by atoms with E-state index in [4.69, 9.17) is 16.3 Å². The van der Waals surface area contributed by atoms with Crippen LogP contribution in [0.5, 0.6) is 5.75 Å². The number of carbonyl (C=O) groups excluding carboxylic acids is 1. The van der Waals surface area contributed by atoms with Crippen LogP contribution in [0.1, 0.15) is 19.4 Å². The third-order valence-electron chi connectivity index (χ3n) is 2.72. The Balaban J connectivity index is 2.70. The van der Waals surface area contributed by atoms with Gasteiger partial charge in [-0.2, -0.15) is 0 Å². The van der Waals surface area contributed by atoms with Crippen LogP contribution in [-0.4, -0.2) is 25.4 Å². The third-order valence-corrected chi connectivity index (χ3v) is 2.96. The predicted octanol–water partition coefficient (Wildman–Crippen LogP) is 2.33. The van der Waals surface area contributed by atoms with Crippen LogP contribution in [0.4, 0.5) is 0 Å². The smallest absolute Gasteiger partial charge is 0.234 e. The number of ether oxygens (including phenoxy) is 1. The highest BCUT2D eigenvalue weighted by atomic mass is 35.5. The van der Waals surface area contributed by atoms with Crippen molar-refractivity contribution in [2.24, 2.45) is 0 Å². The van der Waals surface area contributed by atoms with Crippen LogP contribution in [0.15, 0.2) is 24.3 Å². The second-order valence-corrected chi connectivity index (χ2v) is 4.79. The van der Waals surface area contributed by atoms with Crippen molar-refractivity contribution in [2.45, 2.75) is 19.3 Å². The fourth-order valence-corrected chi connectivity index (χ4v) is 1.61. The standard InChI is InChI=1S/C13H18ClNO2/c1-13(2,9-15-12(16)8-14)10-4-6-11(17-3)7-5-10/h4-7H,8-9H2,1-3H3,(H,15,16). The number of halogens is 1. The molecule has 0 radical (unpaired) electrons.